The van der Waals surface area contributed by atoms with Gasteiger partial charge < -0.3 is 10.3 Å². The fourth-order valence-corrected chi connectivity index (χ4v) is 5.77. The lowest BCUT2D eigenvalue weighted by molar-refractivity contribution is 0.357. The number of hydrogen-bond donors (Lipinski definition) is 3. The number of allylic oxidation sites excluding steroid dienone is 3. The average molecular weight is 560 g/mol. The highest BCUT2D eigenvalue weighted by Gasteiger charge is 2.16. The van der Waals surface area contributed by atoms with Gasteiger partial charge in [0.1, 0.15) is 17.0 Å². The highest BCUT2D eigenvalue weighted by Crippen LogP contribution is 2.30. The molecule has 0 spiro atoms. The number of aromatic nitrogens is 6. The van der Waals surface area contributed by atoms with Gasteiger partial charge in [-0.15, -0.1) is 0 Å². The molecule has 8 heteroatoms. The Morgan fingerprint density at radius 2 is 1.98 bits per heavy atom. The Bertz CT molecular complexity index is 1890. The van der Waals surface area contributed by atoms with Gasteiger partial charge in [0.05, 0.1) is 28.4 Å². The first-order valence-electron chi connectivity index (χ1n) is 14.4. The van der Waals surface area contributed by atoms with E-state index < -0.39 is 0 Å². The lowest BCUT2D eigenvalue weighted by Crippen LogP contribution is -2.22. The number of nitrogens with zero attached hydrogens (tertiary/aromatic N) is 4. The van der Waals surface area contributed by atoms with E-state index in [0.717, 1.165) is 39.7 Å². The molecule has 1 fully saturated rings. The van der Waals surface area contributed by atoms with Crippen LogP contribution in [0.4, 0.5) is 10.1 Å². The van der Waals surface area contributed by atoms with Crippen LogP contribution in [-0.2, 0) is 0 Å². The van der Waals surface area contributed by atoms with Crippen molar-refractivity contribution >= 4 is 34.9 Å². The Hall–Kier alpha value is -4.85. The van der Waals surface area contributed by atoms with Crippen LogP contribution in [0.15, 0.2) is 73.3 Å². The molecule has 1 aliphatic rings. The summed E-state index contributed by atoms with van der Waals surface area (Å²) in [5.41, 5.74) is 7.17. The summed E-state index contributed by atoms with van der Waals surface area (Å²) < 4.78 is 14.0. The van der Waals surface area contributed by atoms with E-state index >= 15 is 0 Å². The second-order valence-electron chi connectivity index (χ2n) is 10.9. The summed E-state index contributed by atoms with van der Waals surface area (Å²) in [4.78, 5) is 17.2. The van der Waals surface area contributed by atoms with Gasteiger partial charge in [0.25, 0.3) is 0 Å². The molecule has 4 heterocycles. The van der Waals surface area contributed by atoms with Crippen LogP contribution in [0.5, 0.6) is 0 Å². The molecule has 0 unspecified atom stereocenters. The summed E-state index contributed by atoms with van der Waals surface area (Å²) in [7, 11) is 0. The molecule has 3 N–H and O–H groups in total. The zero-order chi connectivity index (χ0) is 29.1. The molecule has 0 atom stereocenters. The minimum Gasteiger partial charge on any atom is -0.358 e. The van der Waals surface area contributed by atoms with Gasteiger partial charge in [-0.1, -0.05) is 63.5 Å². The van der Waals surface area contributed by atoms with E-state index in [1.54, 1.807) is 12.3 Å². The third-order valence-electron chi connectivity index (χ3n) is 7.87. The molecule has 0 aliphatic heterocycles. The molecule has 212 valence electrons. The molecule has 1 aliphatic carbocycles. The third kappa shape index (κ3) is 5.79. The number of halogens is 1. The van der Waals surface area contributed by atoms with Crippen molar-refractivity contribution in [3.05, 3.63) is 95.3 Å². The smallest absolute Gasteiger partial charge is 0.159 e. The van der Waals surface area contributed by atoms with Gasteiger partial charge in [-0.25, -0.2) is 9.37 Å². The van der Waals surface area contributed by atoms with Crippen LogP contribution in [0.1, 0.15) is 51.0 Å². The number of aromatic amines is 2. The van der Waals surface area contributed by atoms with Gasteiger partial charge in [-0.3, -0.25) is 15.1 Å². The molecule has 1 aromatic carbocycles. The molecular weight excluding hydrogens is 525 g/mol. The molecule has 0 saturated heterocycles. The SMILES string of the molecule is C=C(CC1CCCCC1)Nc1cncc(C(/C=c2/c(-c3nc4c(-c5cccc(F)c5)nccc4[nH]3)n[nH]c2=C)=C/C)c1. The first-order chi connectivity index (χ1) is 20.5. The van der Waals surface area contributed by atoms with Gasteiger partial charge in [-0.2, -0.15) is 5.10 Å². The Kier molecular flexibility index (Phi) is 7.77. The van der Waals surface area contributed by atoms with E-state index in [1.165, 1.54) is 44.2 Å². The van der Waals surface area contributed by atoms with E-state index in [1.807, 2.05) is 43.6 Å². The summed E-state index contributed by atoms with van der Waals surface area (Å²) >= 11 is 0. The van der Waals surface area contributed by atoms with Crippen molar-refractivity contribution in [3.63, 3.8) is 0 Å². The summed E-state index contributed by atoms with van der Waals surface area (Å²) in [6.07, 6.45) is 17.0. The highest BCUT2D eigenvalue weighted by atomic mass is 19.1. The number of hydrogen-bond acceptors (Lipinski definition) is 5. The predicted octanol–water partition coefficient (Wildman–Crippen LogP) is 6.74. The lowest BCUT2D eigenvalue weighted by Gasteiger charge is -2.23. The molecule has 0 amide bonds. The summed E-state index contributed by atoms with van der Waals surface area (Å²) in [6.45, 7) is 10.5. The molecule has 7 nitrogen and oxygen atoms in total. The van der Waals surface area contributed by atoms with Crippen LogP contribution >= 0.6 is 0 Å². The molecule has 1 saturated carbocycles. The van der Waals surface area contributed by atoms with Crippen LogP contribution < -0.4 is 15.9 Å². The standard InChI is InChI=1S/C34H34FN7/c1-4-24(26-17-28(20-36-19-26)38-21(2)15-23-9-6-5-7-10-23)18-29-22(3)41-42-32(29)34-39-30-13-14-37-31(33(30)40-34)25-11-8-12-27(35)16-25/h4,8,11-14,16-20,23,38,41H,2-3,5-7,9-10,15H2,1H3,(H,39,40)/b24-4+,29-18+. The van der Waals surface area contributed by atoms with Crippen LogP contribution in [0.25, 0.3) is 52.0 Å². The first-order valence-corrected chi connectivity index (χ1v) is 14.4. The van der Waals surface area contributed by atoms with Gasteiger partial charge in [0.2, 0.25) is 0 Å². The summed E-state index contributed by atoms with van der Waals surface area (Å²) in [6, 6.07) is 10.3. The number of anilines is 1. The Balaban J connectivity index is 1.31. The fourth-order valence-electron chi connectivity index (χ4n) is 5.77. The summed E-state index contributed by atoms with van der Waals surface area (Å²) in [5, 5.41) is 12.5. The number of imidazole rings is 1. The van der Waals surface area contributed by atoms with E-state index in [4.69, 9.17) is 4.98 Å². The van der Waals surface area contributed by atoms with Crippen molar-refractivity contribution in [2.24, 2.45) is 5.92 Å². The Morgan fingerprint density at radius 3 is 2.79 bits per heavy atom. The van der Waals surface area contributed by atoms with Crippen molar-refractivity contribution in [2.45, 2.75) is 45.4 Å². The van der Waals surface area contributed by atoms with Crippen molar-refractivity contribution in [3.8, 4) is 22.8 Å². The van der Waals surface area contributed by atoms with E-state index in [0.29, 0.717) is 39.6 Å². The van der Waals surface area contributed by atoms with Crippen LogP contribution in [-0.4, -0.2) is 30.1 Å². The summed E-state index contributed by atoms with van der Waals surface area (Å²) in [5.74, 6) is 0.952. The second kappa shape index (κ2) is 11.9. The normalized spacial score (nSPS) is 14.9. The lowest BCUT2D eigenvalue weighted by atomic mass is 9.86. The van der Waals surface area contributed by atoms with E-state index in [9.17, 15) is 4.39 Å². The maximum absolute atomic E-state index is 14.0. The minimum atomic E-state index is -0.325. The van der Waals surface area contributed by atoms with Crippen LogP contribution in [0.2, 0.25) is 0 Å². The van der Waals surface area contributed by atoms with E-state index in [2.05, 4.69) is 49.7 Å². The molecule has 42 heavy (non-hydrogen) atoms. The number of H-pyrrole nitrogens is 2. The predicted molar refractivity (Wildman–Crippen MR) is 168 cm³/mol. The average Bonchev–Trinajstić information content (AvgIpc) is 3.59. The topological polar surface area (TPSA) is 95.2 Å². The van der Waals surface area contributed by atoms with Gasteiger partial charge in [0, 0.05) is 34.4 Å². The van der Waals surface area contributed by atoms with Gasteiger partial charge in [-0.05, 0) is 55.2 Å². The first kappa shape index (κ1) is 27.3. The second-order valence-corrected chi connectivity index (χ2v) is 10.9. The highest BCUT2D eigenvalue weighted by molar-refractivity contribution is 5.92. The molecular formula is C34H34FN7. The quantitative estimate of drug-likeness (QED) is 0.196. The molecule has 6 rings (SSSR count). The molecule has 4 aromatic heterocycles. The minimum absolute atomic E-state index is 0.325. The third-order valence-corrected chi connectivity index (χ3v) is 7.87. The maximum Gasteiger partial charge on any atom is 0.159 e. The van der Waals surface area contributed by atoms with Crippen molar-refractivity contribution in [2.75, 3.05) is 5.32 Å². The zero-order valence-corrected chi connectivity index (χ0v) is 23.8. The number of benzene rings is 1. The van der Waals surface area contributed by atoms with E-state index in [-0.39, 0.29) is 5.82 Å². The van der Waals surface area contributed by atoms with Crippen LogP contribution in [0.3, 0.4) is 0 Å². The van der Waals surface area contributed by atoms with Gasteiger partial charge in [0.15, 0.2) is 5.82 Å². The van der Waals surface area contributed by atoms with Crippen molar-refractivity contribution < 1.29 is 4.39 Å². The van der Waals surface area contributed by atoms with Crippen molar-refractivity contribution in [1.29, 1.82) is 0 Å². The monoisotopic (exact) mass is 559 g/mol. The Labute approximate surface area is 244 Å². The Morgan fingerprint density at radius 1 is 1.12 bits per heavy atom. The molecule has 0 radical (unpaired) electrons. The maximum atomic E-state index is 14.0. The number of pyridine rings is 2. The molecule has 5 aromatic rings. The number of rotatable bonds is 8. The van der Waals surface area contributed by atoms with Gasteiger partial charge >= 0.3 is 0 Å². The van der Waals surface area contributed by atoms with Crippen molar-refractivity contribution in [1.82, 2.24) is 30.1 Å². The van der Waals surface area contributed by atoms with Crippen LogP contribution in [0, 0.1) is 11.7 Å². The zero-order valence-electron chi connectivity index (χ0n) is 23.8. The number of nitrogens with one attached hydrogen (secondary N) is 3. The fraction of sp³-hybridized carbons (Fsp3) is 0.235. The molecule has 0 bridgehead atoms. The largest absolute Gasteiger partial charge is 0.358 e. The number of fused-ring (bicyclic) bond motifs is 1.